The van der Waals surface area contributed by atoms with Crippen LogP contribution >= 0.6 is 0 Å². The van der Waals surface area contributed by atoms with Crippen LogP contribution in [0.15, 0.2) is 24.3 Å². The van der Waals surface area contributed by atoms with Gasteiger partial charge in [0.15, 0.2) is 0 Å². The molecule has 21 heavy (non-hydrogen) atoms. The molecule has 2 aliphatic rings. The van der Waals surface area contributed by atoms with Crippen LogP contribution in [0.1, 0.15) is 11.3 Å². The topological polar surface area (TPSA) is 76.3 Å². The third-order valence-corrected chi connectivity index (χ3v) is 3.92. The molecule has 0 radical (unpaired) electrons. The lowest BCUT2D eigenvalue weighted by atomic mass is 10.1. The summed E-state index contributed by atoms with van der Waals surface area (Å²) in [6.45, 7) is 3.11. The average Bonchev–Trinajstić information content (AvgIpc) is 2.53. The van der Waals surface area contributed by atoms with E-state index < -0.39 is 0 Å². The standard InChI is InChI=1S/C15H17N5O/c16-15-18-11-9-17-6-5-10(11)14(19-15)20-7-8-21-13-4-2-1-3-12(13)20/h1-4,17H,5-9H2,(H2,16,18,19). The first-order chi connectivity index (χ1) is 10.3. The number of hydrogen-bond donors (Lipinski definition) is 2. The summed E-state index contributed by atoms with van der Waals surface area (Å²) in [7, 11) is 0. The Kier molecular flexibility index (Phi) is 2.89. The van der Waals surface area contributed by atoms with Crippen molar-refractivity contribution in [2.45, 2.75) is 13.0 Å². The van der Waals surface area contributed by atoms with E-state index in [-0.39, 0.29) is 0 Å². The van der Waals surface area contributed by atoms with Crippen molar-refractivity contribution in [1.29, 1.82) is 0 Å². The number of para-hydroxylation sites is 2. The Bertz CT molecular complexity index is 688. The SMILES string of the molecule is Nc1nc2c(c(N3CCOc4ccccc43)n1)CCNC2. The number of fused-ring (bicyclic) bond motifs is 2. The quantitative estimate of drug-likeness (QED) is 0.820. The van der Waals surface area contributed by atoms with Crippen LogP contribution in [0.4, 0.5) is 17.5 Å². The van der Waals surface area contributed by atoms with E-state index in [0.29, 0.717) is 12.6 Å². The highest BCUT2D eigenvalue weighted by Gasteiger charge is 2.25. The zero-order valence-electron chi connectivity index (χ0n) is 11.7. The van der Waals surface area contributed by atoms with Gasteiger partial charge in [-0.2, -0.15) is 4.98 Å². The number of nitrogens with zero attached hydrogens (tertiary/aromatic N) is 3. The highest BCUT2D eigenvalue weighted by molar-refractivity contribution is 5.71. The first-order valence-electron chi connectivity index (χ1n) is 7.18. The molecular formula is C15H17N5O. The second-order valence-corrected chi connectivity index (χ2v) is 5.23. The Balaban J connectivity index is 1.86. The largest absolute Gasteiger partial charge is 0.490 e. The van der Waals surface area contributed by atoms with Crippen molar-refractivity contribution >= 4 is 17.5 Å². The molecule has 0 unspecified atom stereocenters. The van der Waals surface area contributed by atoms with Gasteiger partial charge in [-0.1, -0.05) is 12.1 Å². The molecule has 3 N–H and O–H groups in total. The van der Waals surface area contributed by atoms with Crippen LogP contribution < -0.4 is 20.7 Å². The normalized spacial score (nSPS) is 16.9. The molecule has 0 saturated carbocycles. The lowest BCUT2D eigenvalue weighted by Gasteiger charge is -2.33. The minimum absolute atomic E-state index is 0.330. The van der Waals surface area contributed by atoms with E-state index in [4.69, 9.17) is 10.5 Å². The zero-order chi connectivity index (χ0) is 14.2. The summed E-state index contributed by atoms with van der Waals surface area (Å²) >= 11 is 0. The number of hydrogen-bond acceptors (Lipinski definition) is 6. The van der Waals surface area contributed by atoms with Gasteiger partial charge in [0.1, 0.15) is 18.2 Å². The summed E-state index contributed by atoms with van der Waals surface area (Å²) in [5.74, 6) is 2.15. The third kappa shape index (κ3) is 2.08. The fourth-order valence-corrected chi connectivity index (χ4v) is 2.97. The van der Waals surface area contributed by atoms with Gasteiger partial charge in [-0.3, -0.25) is 0 Å². The molecule has 0 atom stereocenters. The van der Waals surface area contributed by atoms with Crippen molar-refractivity contribution in [2.24, 2.45) is 0 Å². The fourth-order valence-electron chi connectivity index (χ4n) is 2.97. The maximum absolute atomic E-state index is 5.90. The Morgan fingerprint density at radius 3 is 3.10 bits per heavy atom. The van der Waals surface area contributed by atoms with Crippen molar-refractivity contribution in [3.8, 4) is 5.75 Å². The molecule has 1 aromatic heterocycles. The number of anilines is 3. The molecule has 2 aromatic rings. The van der Waals surface area contributed by atoms with Crippen LogP contribution in [0, 0.1) is 0 Å². The second-order valence-electron chi connectivity index (χ2n) is 5.23. The smallest absolute Gasteiger partial charge is 0.222 e. The van der Waals surface area contributed by atoms with Gasteiger partial charge in [0.05, 0.1) is 17.9 Å². The first kappa shape index (κ1) is 12.4. The summed E-state index contributed by atoms with van der Waals surface area (Å²) in [5, 5.41) is 3.33. The third-order valence-electron chi connectivity index (χ3n) is 3.92. The van der Waals surface area contributed by atoms with Crippen LogP contribution in [-0.4, -0.2) is 29.7 Å². The van der Waals surface area contributed by atoms with E-state index in [2.05, 4.69) is 26.3 Å². The van der Waals surface area contributed by atoms with Crippen molar-refractivity contribution < 1.29 is 4.74 Å². The molecule has 4 rings (SSSR count). The van der Waals surface area contributed by atoms with Crippen LogP contribution in [0.3, 0.4) is 0 Å². The maximum atomic E-state index is 5.90. The Morgan fingerprint density at radius 2 is 2.14 bits per heavy atom. The summed E-state index contributed by atoms with van der Waals surface area (Å²) in [6.07, 6.45) is 0.921. The minimum atomic E-state index is 0.330. The number of ether oxygens (including phenoxy) is 1. The lowest BCUT2D eigenvalue weighted by molar-refractivity contribution is 0.313. The van der Waals surface area contributed by atoms with Gasteiger partial charge in [0.25, 0.3) is 0 Å². The van der Waals surface area contributed by atoms with Gasteiger partial charge in [-0.25, -0.2) is 4.98 Å². The summed E-state index contributed by atoms with van der Waals surface area (Å²) in [4.78, 5) is 11.1. The molecule has 0 fully saturated rings. The first-order valence-corrected chi connectivity index (χ1v) is 7.18. The molecule has 1 aromatic carbocycles. The highest BCUT2D eigenvalue weighted by Crippen LogP contribution is 2.38. The van der Waals surface area contributed by atoms with Gasteiger partial charge in [-0.05, 0) is 25.1 Å². The molecule has 0 saturated heterocycles. The van der Waals surface area contributed by atoms with E-state index in [1.54, 1.807) is 0 Å². The number of nitrogens with one attached hydrogen (secondary N) is 1. The van der Waals surface area contributed by atoms with E-state index in [9.17, 15) is 0 Å². The maximum Gasteiger partial charge on any atom is 0.222 e. The fraction of sp³-hybridized carbons (Fsp3) is 0.333. The Hall–Kier alpha value is -2.34. The minimum Gasteiger partial charge on any atom is -0.490 e. The van der Waals surface area contributed by atoms with Gasteiger partial charge in [0.2, 0.25) is 5.95 Å². The Labute approximate surface area is 123 Å². The van der Waals surface area contributed by atoms with Gasteiger partial charge in [-0.15, -0.1) is 0 Å². The van der Waals surface area contributed by atoms with E-state index in [1.807, 2.05) is 18.2 Å². The predicted octanol–water partition coefficient (Wildman–Crippen LogP) is 1.23. The van der Waals surface area contributed by atoms with E-state index in [0.717, 1.165) is 49.0 Å². The monoisotopic (exact) mass is 283 g/mol. The number of benzene rings is 1. The van der Waals surface area contributed by atoms with Crippen molar-refractivity contribution in [1.82, 2.24) is 15.3 Å². The molecule has 108 valence electrons. The zero-order valence-corrected chi connectivity index (χ0v) is 11.7. The molecule has 6 heteroatoms. The van der Waals surface area contributed by atoms with Gasteiger partial charge in [0, 0.05) is 12.1 Å². The summed E-state index contributed by atoms with van der Waals surface area (Å²) in [6, 6.07) is 8.04. The van der Waals surface area contributed by atoms with Gasteiger partial charge < -0.3 is 20.7 Å². The predicted molar refractivity (Wildman–Crippen MR) is 80.8 cm³/mol. The number of aromatic nitrogens is 2. The molecular weight excluding hydrogens is 266 g/mol. The summed E-state index contributed by atoms with van der Waals surface area (Å²) < 4.78 is 5.72. The van der Waals surface area contributed by atoms with E-state index >= 15 is 0 Å². The highest BCUT2D eigenvalue weighted by atomic mass is 16.5. The van der Waals surface area contributed by atoms with Crippen LogP contribution in [-0.2, 0) is 13.0 Å². The molecule has 0 amide bonds. The van der Waals surface area contributed by atoms with Crippen molar-refractivity contribution in [3.63, 3.8) is 0 Å². The molecule has 0 bridgehead atoms. The molecule has 2 aliphatic heterocycles. The van der Waals surface area contributed by atoms with Crippen molar-refractivity contribution in [3.05, 3.63) is 35.5 Å². The van der Waals surface area contributed by atoms with Crippen LogP contribution in [0.2, 0.25) is 0 Å². The average molecular weight is 283 g/mol. The molecule has 0 aliphatic carbocycles. The Morgan fingerprint density at radius 1 is 1.24 bits per heavy atom. The van der Waals surface area contributed by atoms with Crippen LogP contribution in [0.5, 0.6) is 5.75 Å². The van der Waals surface area contributed by atoms with Crippen LogP contribution in [0.25, 0.3) is 0 Å². The summed E-state index contributed by atoms with van der Waals surface area (Å²) in [5.41, 5.74) is 9.15. The van der Waals surface area contributed by atoms with Crippen molar-refractivity contribution in [2.75, 3.05) is 30.3 Å². The molecule has 0 spiro atoms. The lowest BCUT2D eigenvalue weighted by Crippen LogP contribution is -2.33. The molecule has 6 nitrogen and oxygen atoms in total. The van der Waals surface area contributed by atoms with Gasteiger partial charge >= 0.3 is 0 Å². The molecule has 3 heterocycles. The number of rotatable bonds is 1. The van der Waals surface area contributed by atoms with E-state index in [1.165, 1.54) is 5.56 Å². The number of nitrogens with two attached hydrogens (primary N) is 1. The number of nitrogen functional groups attached to an aromatic ring is 1. The second kappa shape index (κ2) is 4.89.